The number of nitrogens with one attached hydrogen (secondary N) is 3. The highest BCUT2D eigenvalue weighted by molar-refractivity contribution is 5.96. The molecule has 12 heteroatoms. The van der Waals surface area contributed by atoms with Gasteiger partial charge in [-0.1, -0.05) is 35.1 Å². The van der Waals surface area contributed by atoms with Gasteiger partial charge in [-0.3, -0.25) is 14.4 Å². The third kappa shape index (κ3) is 3.82. The standard InChI is InChI=1S/C26H34F3N5O4.CH4/c1-13(2)17(32-22(38)24(7-8-24)26(27,28)29)20(36)33-12-16-23(3,4)25(16)18(33)21(37)34(25)15(11-30)10-14-6-5-9-31-19(14)35;/h13-18H,5-10,12H2,1-4H3,(H,31,35)(H,32,38);1H4/p+1. The fourth-order valence-electron chi connectivity index (χ4n) is 7.67. The van der Waals surface area contributed by atoms with E-state index in [9.17, 15) is 37.6 Å². The molecule has 5 fully saturated rings. The molecule has 39 heavy (non-hydrogen) atoms. The molecule has 0 bridgehead atoms. The Balaban J connectivity index is 0.00000353. The molecule has 3 saturated heterocycles. The first-order valence-electron chi connectivity index (χ1n) is 13.4. The van der Waals surface area contributed by atoms with Gasteiger partial charge in [-0.05, 0) is 31.6 Å². The van der Waals surface area contributed by atoms with E-state index >= 15 is 0 Å². The van der Waals surface area contributed by atoms with Gasteiger partial charge in [-0.2, -0.15) is 18.4 Å². The van der Waals surface area contributed by atoms with Crippen LogP contribution in [0, 0.1) is 39.9 Å². The fraction of sp³-hybridized carbons (Fsp3) is 0.815. The number of carbonyl (C=O) groups is 4. The normalized spacial score (nSPS) is 34.8. The SMILES string of the molecule is C.CC(C)C(NC(=O)C1(C(F)(F)F)CC1)C(=O)N1CC2C(C)(C)C23C1C(=O)[NH+]3C(C#N)CC1CCCNC1=O. The summed E-state index contributed by atoms with van der Waals surface area (Å²) in [6.07, 6.45) is -3.61. The molecule has 2 aliphatic carbocycles. The van der Waals surface area contributed by atoms with Crippen molar-refractivity contribution < 1.29 is 37.2 Å². The number of likely N-dealkylation sites (tertiary alicyclic amines) is 2. The number of nitriles is 1. The minimum Gasteiger partial charge on any atom is -0.356 e. The minimum absolute atomic E-state index is 0. The topological polar surface area (TPSA) is 124 Å². The van der Waals surface area contributed by atoms with Crippen LogP contribution in [0.15, 0.2) is 0 Å². The number of quaternary nitrogens is 1. The molecule has 0 aromatic carbocycles. The van der Waals surface area contributed by atoms with Crippen LogP contribution in [0.5, 0.6) is 0 Å². The van der Waals surface area contributed by atoms with Crippen molar-refractivity contribution in [3.63, 3.8) is 0 Å². The predicted molar refractivity (Wildman–Crippen MR) is 132 cm³/mol. The molecule has 3 N–H and O–H groups in total. The molecule has 5 aliphatic rings. The molecule has 4 amide bonds. The maximum absolute atomic E-state index is 13.7. The average Bonchev–Trinajstić information content (AvgIpc) is 3.70. The summed E-state index contributed by atoms with van der Waals surface area (Å²) in [5.41, 5.74) is -3.47. The van der Waals surface area contributed by atoms with Crippen LogP contribution in [0.1, 0.15) is 67.2 Å². The molecule has 5 rings (SSSR count). The second kappa shape index (κ2) is 9.18. The summed E-state index contributed by atoms with van der Waals surface area (Å²) in [5, 5.41) is 15.2. The van der Waals surface area contributed by atoms with Crippen LogP contribution in [0.4, 0.5) is 13.2 Å². The lowest BCUT2D eigenvalue weighted by atomic mass is 9.80. The van der Waals surface area contributed by atoms with Crippen molar-refractivity contribution in [2.45, 2.75) is 97.1 Å². The Kier molecular flexibility index (Phi) is 6.90. The van der Waals surface area contributed by atoms with Crippen LogP contribution in [0.25, 0.3) is 0 Å². The monoisotopic (exact) mass is 554 g/mol. The van der Waals surface area contributed by atoms with Crippen molar-refractivity contribution in [1.82, 2.24) is 15.5 Å². The van der Waals surface area contributed by atoms with Crippen LogP contribution < -0.4 is 15.5 Å². The highest BCUT2D eigenvalue weighted by atomic mass is 19.4. The Bertz CT molecular complexity index is 1130. The summed E-state index contributed by atoms with van der Waals surface area (Å²) in [5.74, 6) is -3.11. The molecular formula is C27H39F3N5O4+. The summed E-state index contributed by atoms with van der Waals surface area (Å²) in [6.45, 7) is 8.13. The highest BCUT2D eigenvalue weighted by Crippen LogP contribution is 2.69. The van der Waals surface area contributed by atoms with E-state index in [1.54, 1.807) is 13.8 Å². The van der Waals surface area contributed by atoms with E-state index in [-0.39, 0.29) is 62.3 Å². The van der Waals surface area contributed by atoms with Gasteiger partial charge in [-0.25, -0.2) is 9.69 Å². The van der Waals surface area contributed by atoms with Gasteiger partial charge < -0.3 is 15.5 Å². The van der Waals surface area contributed by atoms with E-state index in [0.29, 0.717) is 17.9 Å². The van der Waals surface area contributed by atoms with Gasteiger partial charge in [0.25, 0.3) is 0 Å². The number of halogens is 3. The summed E-state index contributed by atoms with van der Waals surface area (Å²) >= 11 is 0. The zero-order valence-corrected chi connectivity index (χ0v) is 22.1. The molecular weight excluding hydrogens is 515 g/mol. The first kappa shape index (κ1) is 29.3. The van der Waals surface area contributed by atoms with Gasteiger partial charge in [0, 0.05) is 36.8 Å². The number of hydrogen-bond acceptors (Lipinski definition) is 5. The number of amides is 4. The first-order valence-corrected chi connectivity index (χ1v) is 13.4. The lowest BCUT2D eigenvalue weighted by Gasteiger charge is -2.48. The molecule has 7 unspecified atom stereocenters. The maximum Gasteiger partial charge on any atom is 0.403 e. The third-order valence-electron chi connectivity index (χ3n) is 10.1. The molecule has 0 radical (unpaired) electrons. The molecule has 216 valence electrons. The molecule has 0 aromatic heterocycles. The van der Waals surface area contributed by atoms with Gasteiger partial charge in [0.15, 0.2) is 11.6 Å². The van der Waals surface area contributed by atoms with Crippen LogP contribution in [0.2, 0.25) is 0 Å². The summed E-state index contributed by atoms with van der Waals surface area (Å²) in [6, 6.07) is -0.501. The van der Waals surface area contributed by atoms with Crippen molar-refractivity contribution in [3.8, 4) is 6.07 Å². The molecule has 2 saturated carbocycles. The summed E-state index contributed by atoms with van der Waals surface area (Å²) < 4.78 is 40.5. The molecule has 9 nitrogen and oxygen atoms in total. The van der Waals surface area contributed by atoms with E-state index in [0.717, 1.165) is 6.42 Å². The number of carbonyl (C=O) groups excluding carboxylic acids is 4. The van der Waals surface area contributed by atoms with E-state index in [2.05, 4.69) is 16.7 Å². The molecule has 7 atom stereocenters. The lowest BCUT2D eigenvalue weighted by molar-refractivity contribution is -0.916. The number of rotatable bonds is 7. The summed E-state index contributed by atoms with van der Waals surface area (Å²) in [7, 11) is 0. The molecule has 1 spiro atoms. The lowest BCUT2D eigenvalue weighted by Crippen LogP contribution is -3.33. The van der Waals surface area contributed by atoms with Crippen molar-refractivity contribution in [3.05, 3.63) is 0 Å². The van der Waals surface area contributed by atoms with Crippen LogP contribution >= 0.6 is 0 Å². The third-order valence-corrected chi connectivity index (χ3v) is 10.1. The number of nitrogens with zero attached hydrogens (tertiary/aromatic N) is 2. The Morgan fingerprint density at radius 2 is 1.90 bits per heavy atom. The second-order valence-electron chi connectivity index (χ2n) is 12.6. The van der Waals surface area contributed by atoms with Gasteiger partial charge >= 0.3 is 12.1 Å². The minimum atomic E-state index is -4.69. The van der Waals surface area contributed by atoms with Crippen LogP contribution in [-0.2, 0) is 19.2 Å². The zero-order valence-electron chi connectivity index (χ0n) is 22.1. The largest absolute Gasteiger partial charge is 0.403 e. The van der Waals surface area contributed by atoms with Gasteiger partial charge in [0.2, 0.25) is 23.8 Å². The maximum atomic E-state index is 13.7. The van der Waals surface area contributed by atoms with E-state index in [1.165, 1.54) is 4.90 Å². The van der Waals surface area contributed by atoms with E-state index < -0.39 is 53.0 Å². The van der Waals surface area contributed by atoms with Crippen molar-refractivity contribution in [2.75, 3.05) is 13.1 Å². The Labute approximate surface area is 226 Å². The summed E-state index contributed by atoms with van der Waals surface area (Å²) in [4.78, 5) is 54.2. The van der Waals surface area contributed by atoms with Crippen molar-refractivity contribution >= 4 is 23.6 Å². The molecule has 3 heterocycles. The molecule has 0 aromatic rings. The van der Waals surface area contributed by atoms with Crippen LogP contribution in [-0.4, -0.2) is 71.5 Å². The second-order valence-corrected chi connectivity index (χ2v) is 12.6. The number of β-lactam (4-membered cyclic amide) rings is 1. The van der Waals surface area contributed by atoms with Crippen molar-refractivity contribution in [1.29, 1.82) is 5.26 Å². The number of piperidine rings is 2. The number of hydrogen-bond donors (Lipinski definition) is 3. The first-order chi connectivity index (χ1) is 17.7. The van der Waals surface area contributed by atoms with Gasteiger partial charge in [0.05, 0.1) is 0 Å². The van der Waals surface area contributed by atoms with Gasteiger partial charge in [0.1, 0.15) is 17.5 Å². The average molecular weight is 555 g/mol. The van der Waals surface area contributed by atoms with E-state index in [1.807, 2.05) is 13.8 Å². The quantitative estimate of drug-likeness (QED) is 0.405. The Morgan fingerprint density at radius 1 is 1.26 bits per heavy atom. The Morgan fingerprint density at radius 3 is 2.41 bits per heavy atom. The smallest absolute Gasteiger partial charge is 0.356 e. The fourth-order valence-corrected chi connectivity index (χ4v) is 7.67. The zero-order chi connectivity index (χ0) is 28.0. The number of alkyl halides is 3. The van der Waals surface area contributed by atoms with Crippen molar-refractivity contribution in [2.24, 2.45) is 28.6 Å². The highest BCUT2D eigenvalue weighted by Gasteiger charge is 2.95. The molecule has 3 aliphatic heterocycles. The van der Waals surface area contributed by atoms with Gasteiger partial charge in [-0.15, -0.1) is 0 Å². The van der Waals surface area contributed by atoms with E-state index in [4.69, 9.17) is 0 Å². The predicted octanol–water partition coefficient (Wildman–Crippen LogP) is 0.945. The van der Waals surface area contributed by atoms with Crippen LogP contribution in [0.3, 0.4) is 0 Å². The Hall–Kier alpha value is -2.68.